The maximum Gasteiger partial charge on any atom is 0.233 e. The fourth-order valence-electron chi connectivity index (χ4n) is 1.61. The molecule has 0 aromatic heterocycles. The van der Waals surface area contributed by atoms with Crippen molar-refractivity contribution < 1.29 is 4.79 Å². The molecule has 18 heavy (non-hydrogen) atoms. The molecule has 2 N–H and O–H groups in total. The van der Waals surface area contributed by atoms with E-state index in [2.05, 4.69) is 52.5 Å². The molecule has 1 atom stereocenters. The van der Waals surface area contributed by atoms with Crippen molar-refractivity contribution in [3.8, 4) is 0 Å². The van der Waals surface area contributed by atoms with E-state index in [1.165, 1.54) is 5.56 Å². The van der Waals surface area contributed by atoms with Gasteiger partial charge >= 0.3 is 0 Å². The van der Waals surface area contributed by atoms with Gasteiger partial charge in [0.15, 0.2) is 0 Å². The number of hydrogen-bond donors (Lipinski definition) is 2. The van der Waals surface area contributed by atoms with Crippen LogP contribution in [0.3, 0.4) is 0 Å². The SMILES string of the molecule is CCCCNC(=O)CN[C@@H](C)c1cccc(Br)c1. The number of hydrogen-bond acceptors (Lipinski definition) is 2. The summed E-state index contributed by atoms with van der Waals surface area (Å²) in [5.74, 6) is 0.0605. The highest BCUT2D eigenvalue weighted by Gasteiger charge is 2.07. The molecule has 4 heteroatoms. The minimum atomic E-state index is 0.0605. The summed E-state index contributed by atoms with van der Waals surface area (Å²) in [5, 5.41) is 6.11. The van der Waals surface area contributed by atoms with Crippen LogP contribution in [0.25, 0.3) is 0 Å². The number of amides is 1. The summed E-state index contributed by atoms with van der Waals surface area (Å²) in [6.07, 6.45) is 2.13. The van der Waals surface area contributed by atoms with Gasteiger partial charge in [-0.3, -0.25) is 4.79 Å². The number of unbranched alkanes of at least 4 members (excludes halogenated alkanes) is 1. The Morgan fingerprint density at radius 2 is 2.22 bits per heavy atom. The summed E-state index contributed by atoms with van der Waals surface area (Å²) >= 11 is 3.45. The third kappa shape index (κ3) is 5.65. The van der Waals surface area contributed by atoms with E-state index < -0.39 is 0 Å². The smallest absolute Gasteiger partial charge is 0.233 e. The van der Waals surface area contributed by atoms with Gasteiger partial charge in [0, 0.05) is 17.1 Å². The number of benzene rings is 1. The second-order valence-electron chi connectivity index (χ2n) is 4.36. The molecule has 0 aliphatic carbocycles. The van der Waals surface area contributed by atoms with Gasteiger partial charge in [-0.05, 0) is 31.0 Å². The van der Waals surface area contributed by atoms with Crippen LogP contribution >= 0.6 is 15.9 Å². The Hall–Kier alpha value is -0.870. The van der Waals surface area contributed by atoms with E-state index in [1.54, 1.807) is 0 Å². The van der Waals surface area contributed by atoms with E-state index in [4.69, 9.17) is 0 Å². The highest BCUT2D eigenvalue weighted by molar-refractivity contribution is 9.10. The highest BCUT2D eigenvalue weighted by Crippen LogP contribution is 2.17. The van der Waals surface area contributed by atoms with Crippen LogP contribution < -0.4 is 10.6 Å². The molecule has 0 radical (unpaired) electrons. The van der Waals surface area contributed by atoms with Crippen LogP contribution in [0, 0.1) is 0 Å². The van der Waals surface area contributed by atoms with Crippen LogP contribution in [0.1, 0.15) is 38.3 Å². The quantitative estimate of drug-likeness (QED) is 0.760. The molecule has 3 nitrogen and oxygen atoms in total. The van der Waals surface area contributed by atoms with Gasteiger partial charge < -0.3 is 10.6 Å². The summed E-state index contributed by atoms with van der Waals surface area (Å²) in [5.41, 5.74) is 1.17. The van der Waals surface area contributed by atoms with Crippen molar-refractivity contribution in [2.24, 2.45) is 0 Å². The number of rotatable bonds is 7. The van der Waals surface area contributed by atoms with Crippen LogP contribution in [-0.2, 0) is 4.79 Å². The number of halogens is 1. The highest BCUT2D eigenvalue weighted by atomic mass is 79.9. The molecule has 1 rings (SSSR count). The molecule has 0 heterocycles. The van der Waals surface area contributed by atoms with Crippen molar-refractivity contribution in [2.75, 3.05) is 13.1 Å². The lowest BCUT2D eigenvalue weighted by Gasteiger charge is -2.14. The Morgan fingerprint density at radius 3 is 2.89 bits per heavy atom. The van der Waals surface area contributed by atoms with E-state index in [1.807, 2.05) is 12.1 Å². The summed E-state index contributed by atoms with van der Waals surface area (Å²) in [4.78, 5) is 11.5. The molecular weight excluding hydrogens is 292 g/mol. The molecular formula is C14H21BrN2O. The third-order valence-corrected chi connectivity index (χ3v) is 3.26. The first-order chi connectivity index (χ1) is 8.63. The normalized spacial score (nSPS) is 12.2. The van der Waals surface area contributed by atoms with Crippen LogP contribution in [0.4, 0.5) is 0 Å². The molecule has 0 saturated carbocycles. The molecule has 1 aromatic carbocycles. The minimum absolute atomic E-state index is 0.0605. The van der Waals surface area contributed by atoms with Gasteiger partial charge in [0.1, 0.15) is 0 Å². The first-order valence-corrected chi connectivity index (χ1v) is 7.18. The van der Waals surface area contributed by atoms with Crippen LogP contribution in [-0.4, -0.2) is 19.0 Å². The van der Waals surface area contributed by atoms with Crippen LogP contribution in [0.2, 0.25) is 0 Å². The minimum Gasteiger partial charge on any atom is -0.355 e. The second-order valence-corrected chi connectivity index (χ2v) is 5.28. The Labute approximate surface area is 117 Å². The fraction of sp³-hybridized carbons (Fsp3) is 0.500. The van der Waals surface area contributed by atoms with E-state index in [0.29, 0.717) is 6.54 Å². The average Bonchev–Trinajstić information content (AvgIpc) is 2.36. The Bertz CT molecular complexity index is 382. The van der Waals surface area contributed by atoms with Crippen molar-refractivity contribution in [3.05, 3.63) is 34.3 Å². The molecule has 100 valence electrons. The van der Waals surface area contributed by atoms with Gasteiger partial charge in [0.2, 0.25) is 5.91 Å². The lowest BCUT2D eigenvalue weighted by Crippen LogP contribution is -2.35. The van der Waals surface area contributed by atoms with Crippen molar-refractivity contribution >= 4 is 21.8 Å². The topological polar surface area (TPSA) is 41.1 Å². The zero-order valence-corrected chi connectivity index (χ0v) is 12.6. The number of nitrogens with one attached hydrogen (secondary N) is 2. The average molecular weight is 313 g/mol. The largest absolute Gasteiger partial charge is 0.355 e. The molecule has 0 saturated heterocycles. The monoisotopic (exact) mass is 312 g/mol. The van der Waals surface area contributed by atoms with Crippen LogP contribution in [0.15, 0.2) is 28.7 Å². The summed E-state index contributed by atoms with van der Waals surface area (Å²) in [7, 11) is 0. The van der Waals surface area contributed by atoms with Gasteiger partial charge in [0.25, 0.3) is 0 Å². The predicted octanol–water partition coefficient (Wildman–Crippen LogP) is 3.02. The standard InChI is InChI=1S/C14H21BrN2O/c1-3-4-8-16-14(18)10-17-11(2)12-6-5-7-13(15)9-12/h5-7,9,11,17H,3-4,8,10H2,1-2H3,(H,16,18)/t11-/m0/s1. The van der Waals surface area contributed by atoms with Gasteiger partial charge in [0.05, 0.1) is 6.54 Å². The Kier molecular flexibility index (Phi) is 6.98. The van der Waals surface area contributed by atoms with E-state index >= 15 is 0 Å². The predicted molar refractivity (Wildman–Crippen MR) is 78.5 cm³/mol. The van der Waals surface area contributed by atoms with Gasteiger partial charge in [-0.2, -0.15) is 0 Å². The maximum atomic E-state index is 11.5. The molecule has 0 spiro atoms. The molecule has 1 aromatic rings. The van der Waals surface area contributed by atoms with Crippen molar-refractivity contribution in [2.45, 2.75) is 32.7 Å². The zero-order chi connectivity index (χ0) is 13.4. The van der Waals surface area contributed by atoms with E-state index in [9.17, 15) is 4.79 Å². The molecule has 1 amide bonds. The lowest BCUT2D eigenvalue weighted by atomic mass is 10.1. The first kappa shape index (κ1) is 15.2. The van der Waals surface area contributed by atoms with Crippen molar-refractivity contribution in [1.82, 2.24) is 10.6 Å². The Morgan fingerprint density at radius 1 is 1.44 bits per heavy atom. The van der Waals surface area contributed by atoms with Gasteiger partial charge in [-0.15, -0.1) is 0 Å². The number of carbonyl (C=O) groups excluding carboxylic acids is 1. The van der Waals surface area contributed by atoms with Gasteiger partial charge in [-0.1, -0.05) is 41.4 Å². The molecule has 0 bridgehead atoms. The molecule has 0 fully saturated rings. The van der Waals surface area contributed by atoms with Gasteiger partial charge in [-0.25, -0.2) is 0 Å². The molecule has 0 aliphatic rings. The summed E-state index contributed by atoms with van der Waals surface area (Å²) < 4.78 is 1.06. The number of carbonyl (C=O) groups is 1. The molecule has 0 unspecified atom stereocenters. The lowest BCUT2D eigenvalue weighted by molar-refractivity contribution is -0.120. The first-order valence-electron chi connectivity index (χ1n) is 6.39. The fourth-order valence-corrected chi connectivity index (χ4v) is 2.02. The molecule has 0 aliphatic heterocycles. The summed E-state index contributed by atoms with van der Waals surface area (Å²) in [6, 6.07) is 8.27. The van der Waals surface area contributed by atoms with E-state index in [-0.39, 0.29) is 11.9 Å². The maximum absolute atomic E-state index is 11.5. The summed E-state index contributed by atoms with van der Waals surface area (Å²) in [6.45, 7) is 5.29. The van der Waals surface area contributed by atoms with Crippen molar-refractivity contribution in [3.63, 3.8) is 0 Å². The van der Waals surface area contributed by atoms with Crippen LogP contribution in [0.5, 0.6) is 0 Å². The second kappa shape index (κ2) is 8.27. The van der Waals surface area contributed by atoms with E-state index in [0.717, 1.165) is 23.9 Å². The third-order valence-electron chi connectivity index (χ3n) is 2.77. The zero-order valence-electron chi connectivity index (χ0n) is 11.0. The Balaban J connectivity index is 2.32. The van der Waals surface area contributed by atoms with Crippen molar-refractivity contribution in [1.29, 1.82) is 0 Å².